The van der Waals surface area contributed by atoms with Crippen LogP contribution in [0.2, 0.25) is 0 Å². The zero-order valence-corrected chi connectivity index (χ0v) is 15.0. The normalized spacial score (nSPS) is 16.3. The number of methoxy groups -OCH3 is 1. The number of hydrogen-bond acceptors (Lipinski definition) is 5. The summed E-state index contributed by atoms with van der Waals surface area (Å²) in [6.45, 7) is 4.60. The molecule has 1 heterocycles. The number of benzene rings is 1. The fourth-order valence-electron chi connectivity index (χ4n) is 1.90. The van der Waals surface area contributed by atoms with Crippen molar-refractivity contribution in [3.63, 3.8) is 0 Å². The third kappa shape index (κ3) is 4.46. The minimum absolute atomic E-state index is 0.260. The Morgan fingerprint density at radius 3 is 2.83 bits per heavy atom. The maximum absolute atomic E-state index is 12.2. The van der Waals surface area contributed by atoms with Crippen molar-refractivity contribution in [2.45, 2.75) is 0 Å². The number of carbonyl (C=O) groups is 2. The molecule has 1 saturated heterocycles. The number of thioether (sulfide) groups is 1. The number of hydrogen-bond donors (Lipinski definition) is 0. The number of imide groups is 1. The maximum atomic E-state index is 12.2. The van der Waals surface area contributed by atoms with Gasteiger partial charge in [-0.15, -0.1) is 0 Å². The highest BCUT2D eigenvalue weighted by Crippen LogP contribution is 2.33. The van der Waals surface area contributed by atoms with Gasteiger partial charge in [-0.2, -0.15) is 0 Å². The summed E-state index contributed by atoms with van der Waals surface area (Å²) in [7, 11) is 1.53. The summed E-state index contributed by atoms with van der Waals surface area (Å²) >= 11 is 4.36. The molecule has 1 aliphatic heterocycles. The standard InChI is InChI=1S/C16H16BrNO4S/c1-3-7-22-13-5-4-11(9-12(13)17)10-14-15(19)18(6-8-21-2)16(20)23-14/h3-5,9-10H,1,6-8H2,2H3/b14-10+. The van der Waals surface area contributed by atoms with Crippen molar-refractivity contribution in [2.24, 2.45) is 0 Å². The molecule has 0 spiro atoms. The molecule has 2 rings (SSSR count). The summed E-state index contributed by atoms with van der Waals surface area (Å²) in [5.41, 5.74) is 0.806. The average Bonchev–Trinajstić information content (AvgIpc) is 2.78. The van der Waals surface area contributed by atoms with Gasteiger partial charge in [0.1, 0.15) is 12.4 Å². The number of amides is 2. The lowest BCUT2D eigenvalue weighted by Crippen LogP contribution is -2.31. The van der Waals surface area contributed by atoms with E-state index in [2.05, 4.69) is 22.5 Å². The Morgan fingerprint density at radius 1 is 1.39 bits per heavy atom. The number of ether oxygens (including phenoxy) is 2. The summed E-state index contributed by atoms with van der Waals surface area (Å²) in [6.07, 6.45) is 3.36. The molecule has 0 saturated carbocycles. The molecule has 0 aromatic heterocycles. The van der Waals surface area contributed by atoms with Gasteiger partial charge in [0, 0.05) is 7.11 Å². The van der Waals surface area contributed by atoms with Gasteiger partial charge in [-0.25, -0.2) is 0 Å². The third-order valence-corrected chi connectivity index (χ3v) is 4.53. The fraction of sp³-hybridized carbons (Fsp3) is 0.250. The van der Waals surface area contributed by atoms with Crippen molar-refractivity contribution in [1.82, 2.24) is 4.90 Å². The second-order valence-electron chi connectivity index (χ2n) is 4.62. The molecule has 5 nitrogen and oxygen atoms in total. The Bertz CT molecular complexity index is 659. The van der Waals surface area contributed by atoms with E-state index >= 15 is 0 Å². The topological polar surface area (TPSA) is 55.8 Å². The first-order valence-corrected chi connectivity index (χ1v) is 8.45. The largest absolute Gasteiger partial charge is 0.488 e. The van der Waals surface area contributed by atoms with Gasteiger partial charge >= 0.3 is 0 Å². The zero-order chi connectivity index (χ0) is 16.8. The second kappa shape index (κ2) is 8.33. The molecule has 0 N–H and O–H groups in total. The zero-order valence-electron chi connectivity index (χ0n) is 12.6. The van der Waals surface area contributed by atoms with Crippen molar-refractivity contribution >= 4 is 44.9 Å². The summed E-state index contributed by atoms with van der Waals surface area (Å²) in [6, 6.07) is 5.46. The summed E-state index contributed by atoms with van der Waals surface area (Å²) in [5.74, 6) is 0.399. The fourth-order valence-corrected chi connectivity index (χ4v) is 3.28. The van der Waals surface area contributed by atoms with Crippen LogP contribution in [0.15, 0.2) is 40.2 Å². The van der Waals surface area contributed by atoms with Crippen molar-refractivity contribution in [3.8, 4) is 5.75 Å². The van der Waals surface area contributed by atoms with Gasteiger partial charge in [0.05, 0.1) is 22.5 Å². The maximum Gasteiger partial charge on any atom is 0.293 e. The van der Waals surface area contributed by atoms with Gasteiger partial charge in [-0.05, 0) is 51.5 Å². The molecule has 0 unspecified atom stereocenters. The van der Waals surface area contributed by atoms with Crippen LogP contribution in [-0.2, 0) is 9.53 Å². The van der Waals surface area contributed by atoms with E-state index in [-0.39, 0.29) is 17.7 Å². The predicted octanol–water partition coefficient (Wildman–Crippen LogP) is 3.70. The number of halogens is 1. The first-order chi connectivity index (χ1) is 11.1. The summed E-state index contributed by atoms with van der Waals surface area (Å²) in [5, 5.41) is -0.275. The van der Waals surface area contributed by atoms with E-state index in [4.69, 9.17) is 9.47 Å². The lowest BCUT2D eigenvalue weighted by molar-refractivity contribution is -0.123. The van der Waals surface area contributed by atoms with Crippen molar-refractivity contribution < 1.29 is 19.1 Å². The van der Waals surface area contributed by atoms with E-state index in [0.717, 1.165) is 21.8 Å². The highest BCUT2D eigenvalue weighted by molar-refractivity contribution is 9.10. The van der Waals surface area contributed by atoms with Crippen LogP contribution in [0, 0.1) is 0 Å². The highest BCUT2D eigenvalue weighted by atomic mass is 79.9. The molecule has 122 valence electrons. The van der Waals surface area contributed by atoms with Crippen molar-refractivity contribution in [2.75, 3.05) is 26.9 Å². The van der Waals surface area contributed by atoms with Crippen LogP contribution in [0.3, 0.4) is 0 Å². The van der Waals surface area contributed by atoms with Gasteiger partial charge in [0.15, 0.2) is 0 Å². The minimum atomic E-state index is -0.292. The molecule has 1 aromatic carbocycles. The molecular formula is C16H16BrNO4S. The first-order valence-electron chi connectivity index (χ1n) is 6.84. The van der Waals surface area contributed by atoms with Gasteiger partial charge in [-0.1, -0.05) is 18.7 Å². The minimum Gasteiger partial charge on any atom is -0.488 e. The Kier molecular flexibility index (Phi) is 6.44. The summed E-state index contributed by atoms with van der Waals surface area (Å²) in [4.78, 5) is 25.7. The SMILES string of the molecule is C=CCOc1ccc(/C=C2/SC(=O)N(CCOC)C2=O)cc1Br. The van der Waals surface area contributed by atoms with Crippen LogP contribution in [0.1, 0.15) is 5.56 Å². The van der Waals surface area contributed by atoms with Crippen molar-refractivity contribution in [1.29, 1.82) is 0 Å². The van der Waals surface area contributed by atoms with Gasteiger partial charge in [0.25, 0.3) is 11.1 Å². The monoisotopic (exact) mass is 397 g/mol. The quantitative estimate of drug-likeness (QED) is 0.518. The van der Waals surface area contributed by atoms with Crippen LogP contribution < -0.4 is 4.74 Å². The molecule has 1 fully saturated rings. The Balaban J connectivity index is 2.15. The Morgan fingerprint density at radius 2 is 2.17 bits per heavy atom. The first kappa shape index (κ1) is 17.8. The second-order valence-corrected chi connectivity index (χ2v) is 6.46. The predicted molar refractivity (Wildman–Crippen MR) is 94.4 cm³/mol. The van der Waals surface area contributed by atoms with E-state index in [0.29, 0.717) is 23.9 Å². The molecule has 1 aliphatic rings. The number of rotatable bonds is 7. The highest BCUT2D eigenvalue weighted by Gasteiger charge is 2.34. The molecule has 0 atom stereocenters. The van der Waals surface area contributed by atoms with E-state index < -0.39 is 0 Å². The average molecular weight is 398 g/mol. The molecule has 0 bridgehead atoms. The Labute approximate surface area is 147 Å². The molecule has 23 heavy (non-hydrogen) atoms. The molecule has 1 aromatic rings. The molecule has 0 radical (unpaired) electrons. The molecule has 0 aliphatic carbocycles. The van der Waals surface area contributed by atoms with E-state index in [1.54, 1.807) is 18.2 Å². The molecular weight excluding hydrogens is 382 g/mol. The van der Waals surface area contributed by atoms with Crippen molar-refractivity contribution in [3.05, 3.63) is 45.8 Å². The third-order valence-electron chi connectivity index (χ3n) is 3.00. The molecule has 2 amide bonds. The van der Waals surface area contributed by atoms with E-state index in [9.17, 15) is 9.59 Å². The summed E-state index contributed by atoms with van der Waals surface area (Å²) < 4.78 is 11.2. The van der Waals surface area contributed by atoms with Crippen LogP contribution in [-0.4, -0.2) is 42.9 Å². The van der Waals surface area contributed by atoms with Gasteiger partial charge in [0.2, 0.25) is 0 Å². The van der Waals surface area contributed by atoms with Crippen LogP contribution in [0.25, 0.3) is 6.08 Å². The molecule has 7 heteroatoms. The van der Waals surface area contributed by atoms with Crippen LogP contribution >= 0.6 is 27.7 Å². The van der Waals surface area contributed by atoms with E-state index in [1.807, 2.05) is 12.1 Å². The van der Waals surface area contributed by atoms with E-state index in [1.165, 1.54) is 12.0 Å². The van der Waals surface area contributed by atoms with Crippen LogP contribution in [0.5, 0.6) is 5.75 Å². The lowest BCUT2D eigenvalue weighted by Gasteiger charge is -2.10. The number of nitrogens with zero attached hydrogens (tertiary/aromatic N) is 1. The smallest absolute Gasteiger partial charge is 0.293 e. The van der Waals surface area contributed by atoms with Gasteiger partial charge in [-0.3, -0.25) is 14.5 Å². The number of carbonyl (C=O) groups excluding carboxylic acids is 2. The van der Waals surface area contributed by atoms with Crippen LogP contribution in [0.4, 0.5) is 4.79 Å². The van der Waals surface area contributed by atoms with Gasteiger partial charge < -0.3 is 9.47 Å². The lowest BCUT2D eigenvalue weighted by atomic mass is 10.2. The Hall–Kier alpha value is -1.57.